The van der Waals surface area contributed by atoms with Gasteiger partial charge in [0.2, 0.25) is 10.0 Å². The van der Waals surface area contributed by atoms with Crippen molar-refractivity contribution in [2.45, 2.75) is 32.2 Å². The minimum absolute atomic E-state index is 0.437. The maximum Gasteiger partial charge on any atom is 0.211 e. The van der Waals surface area contributed by atoms with Crippen LogP contribution in [0.15, 0.2) is 18.2 Å². The van der Waals surface area contributed by atoms with Gasteiger partial charge in [0.25, 0.3) is 0 Å². The van der Waals surface area contributed by atoms with Crippen LogP contribution in [0.2, 0.25) is 5.02 Å². The van der Waals surface area contributed by atoms with E-state index in [2.05, 4.69) is 11.4 Å². The first kappa shape index (κ1) is 16.7. The SMILES string of the molecule is CCN(CCCNC1Cc2ccc(Cl)cc2C1)S(C)(=O)=O. The standard InChI is InChI=1S/C15H23ClN2O2S/c1-3-18(21(2,19)20)8-4-7-17-15-10-12-5-6-14(16)9-13(12)11-15/h5-6,9,15,17H,3-4,7-8,10-11H2,1-2H3. The number of nitrogens with zero attached hydrogens (tertiary/aromatic N) is 1. The molecule has 1 aliphatic rings. The van der Waals surface area contributed by atoms with Crippen LogP contribution in [-0.4, -0.2) is 44.7 Å². The van der Waals surface area contributed by atoms with Crippen LogP contribution >= 0.6 is 11.6 Å². The first-order valence-corrected chi connectivity index (χ1v) is 9.58. The van der Waals surface area contributed by atoms with Gasteiger partial charge < -0.3 is 5.32 Å². The van der Waals surface area contributed by atoms with Crippen LogP contribution in [0, 0.1) is 0 Å². The summed E-state index contributed by atoms with van der Waals surface area (Å²) in [6.45, 7) is 3.81. The molecule has 118 valence electrons. The van der Waals surface area contributed by atoms with Gasteiger partial charge in [-0.2, -0.15) is 0 Å². The van der Waals surface area contributed by atoms with E-state index in [9.17, 15) is 8.42 Å². The van der Waals surface area contributed by atoms with Crippen molar-refractivity contribution in [3.05, 3.63) is 34.3 Å². The van der Waals surface area contributed by atoms with Gasteiger partial charge in [0, 0.05) is 24.2 Å². The van der Waals surface area contributed by atoms with E-state index >= 15 is 0 Å². The van der Waals surface area contributed by atoms with Crippen LogP contribution in [0.5, 0.6) is 0 Å². The Bertz CT molecular complexity index is 589. The molecule has 0 bridgehead atoms. The highest BCUT2D eigenvalue weighted by atomic mass is 35.5. The Kier molecular flexibility index (Phi) is 5.66. The Morgan fingerprint density at radius 2 is 2.05 bits per heavy atom. The lowest BCUT2D eigenvalue weighted by Gasteiger charge is -2.18. The number of hydrogen-bond acceptors (Lipinski definition) is 3. The molecule has 1 aliphatic carbocycles. The summed E-state index contributed by atoms with van der Waals surface area (Å²) in [7, 11) is -3.07. The molecule has 1 aromatic carbocycles. The maximum atomic E-state index is 11.5. The summed E-state index contributed by atoms with van der Waals surface area (Å²) in [6, 6.07) is 6.52. The van der Waals surface area contributed by atoms with Crippen molar-refractivity contribution >= 4 is 21.6 Å². The molecule has 0 saturated heterocycles. The van der Waals surface area contributed by atoms with Crippen LogP contribution in [0.4, 0.5) is 0 Å². The topological polar surface area (TPSA) is 49.4 Å². The van der Waals surface area contributed by atoms with E-state index in [0.29, 0.717) is 19.1 Å². The number of halogens is 1. The van der Waals surface area contributed by atoms with Gasteiger partial charge in [-0.05, 0) is 49.1 Å². The third-order valence-electron chi connectivity index (χ3n) is 3.94. The van der Waals surface area contributed by atoms with E-state index in [1.807, 2.05) is 19.1 Å². The number of benzene rings is 1. The van der Waals surface area contributed by atoms with Gasteiger partial charge in [-0.25, -0.2) is 12.7 Å². The Hall–Kier alpha value is -0.620. The van der Waals surface area contributed by atoms with E-state index < -0.39 is 10.0 Å². The quantitative estimate of drug-likeness (QED) is 0.779. The van der Waals surface area contributed by atoms with Crippen LogP contribution in [-0.2, 0) is 22.9 Å². The molecular weight excluding hydrogens is 308 g/mol. The Labute approximate surface area is 132 Å². The summed E-state index contributed by atoms with van der Waals surface area (Å²) in [5.41, 5.74) is 2.69. The van der Waals surface area contributed by atoms with Crippen molar-refractivity contribution in [2.24, 2.45) is 0 Å². The smallest absolute Gasteiger partial charge is 0.211 e. The lowest BCUT2D eigenvalue weighted by molar-refractivity contribution is 0.411. The van der Waals surface area contributed by atoms with Crippen LogP contribution in [0.3, 0.4) is 0 Å². The molecular formula is C15H23ClN2O2S. The first-order chi connectivity index (χ1) is 9.90. The number of rotatable bonds is 7. The van der Waals surface area contributed by atoms with Gasteiger partial charge in [0.15, 0.2) is 0 Å². The predicted molar refractivity (Wildman–Crippen MR) is 87.4 cm³/mol. The maximum absolute atomic E-state index is 11.5. The van der Waals surface area contributed by atoms with Crippen molar-refractivity contribution in [2.75, 3.05) is 25.9 Å². The average Bonchev–Trinajstić information content (AvgIpc) is 2.79. The molecule has 1 atom stereocenters. The zero-order valence-electron chi connectivity index (χ0n) is 12.6. The summed E-state index contributed by atoms with van der Waals surface area (Å²) >= 11 is 6.01. The van der Waals surface area contributed by atoms with E-state index in [1.54, 1.807) is 0 Å². The molecule has 6 heteroatoms. The highest BCUT2D eigenvalue weighted by molar-refractivity contribution is 7.88. The molecule has 1 aromatic rings. The number of nitrogens with one attached hydrogen (secondary N) is 1. The minimum atomic E-state index is -3.07. The summed E-state index contributed by atoms with van der Waals surface area (Å²) in [6.07, 6.45) is 4.12. The molecule has 0 radical (unpaired) electrons. The summed E-state index contributed by atoms with van der Waals surface area (Å²) in [4.78, 5) is 0. The van der Waals surface area contributed by atoms with Crippen molar-refractivity contribution < 1.29 is 8.42 Å². The average molecular weight is 331 g/mol. The largest absolute Gasteiger partial charge is 0.313 e. The Balaban J connectivity index is 1.74. The van der Waals surface area contributed by atoms with Crippen LogP contribution < -0.4 is 5.32 Å². The van der Waals surface area contributed by atoms with Crippen LogP contribution in [0.1, 0.15) is 24.5 Å². The van der Waals surface area contributed by atoms with Crippen molar-refractivity contribution in [1.29, 1.82) is 0 Å². The minimum Gasteiger partial charge on any atom is -0.313 e. The highest BCUT2D eigenvalue weighted by Crippen LogP contribution is 2.25. The second kappa shape index (κ2) is 7.09. The molecule has 4 nitrogen and oxygen atoms in total. The molecule has 0 aliphatic heterocycles. The second-order valence-electron chi connectivity index (χ2n) is 5.58. The molecule has 0 amide bonds. The van der Waals surface area contributed by atoms with E-state index in [4.69, 9.17) is 11.6 Å². The fraction of sp³-hybridized carbons (Fsp3) is 0.600. The van der Waals surface area contributed by atoms with E-state index in [1.165, 1.54) is 21.7 Å². The predicted octanol–water partition coefficient (Wildman–Crippen LogP) is 2.07. The lowest BCUT2D eigenvalue weighted by atomic mass is 10.1. The summed E-state index contributed by atoms with van der Waals surface area (Å²) in [5.74, 6) is 0. The van der Waals surface area contributed by atoms with Gasteiger partial charge in [0.1, 0.15) is 0 Å². The molecule has 21 heavy (non-hydrogen) atoms. The molecule has 1 unspecified atom stereocenters. The van der Waals surface area contributed by atoms with Crippen LogP contribution in [0.25, 0.3) is 0 Å². The third kappa shape index (κ3) is 4.68. The normalized spacial score (nSPS) is 18.2. The van der Waals surface area contributed by atoms with Gasteiger partial charge in [0.05, 0.1) is 6.26 Å². The zero-order chi connectivity index (χ0) is 15.5. The highest BCUT2D eigenvalue weighted by Gasteiger charge is 2.21. The first-order valence-electron chi connectivity index (χ1n) is 7.36. The molecule has 0 fully saturated rings. The molecule has 2 rings (SSSR count). The lowest BCUT2D eigenvalue weighted by Crippen LogP contribution is -2.35. The van der Waals surface area contributed by atoms with Gasteiger partial charge in [-0.3, -0.25) is 0 Å². The summed E-state index contributed by atoms with van der Waals surface area (Å²) in [5, 5.41) is 4.31. The monoisotopic (exact) mass is 330 g/mol. The molecule has 1 N–H and O–H groups in total. The third-order valence-corrected chi connectivity index (χ3v) is 5.55. The van der Waals surface area contributed by atoms with Gasteiger partial charge >= 0.3 is 0 Å². The summed E-state index contributed by atoms with van der Waals surface area (Å²) < 4.78 is 24.5. The molecule has 0 heterocycles. The van der Waals surface area contributed by atoms with E-state index in [0.717, 1.165) is 30.8 Å². The Morgan fingerprint density at radius 1 is 1.33 bits per heavy atom. The molecule has 0 spiro atoms. The van der Waals surface area contributed by atoms with Gasteiger partial charge in [-0.15, -0.1) is 0 Å². The number of sulfonamides is 1. The molecule has 0 aromatic heterocycles. The number of hydrogen-bond donors (Lipinski definition) is 1. The fourth-order valence-corrected chi connectivity index (χ4v) is 3.98. The Morgan fingerprint density at radius 3 is 2.71 bits per heavy atom. The fourth-order valence-electron chi connectivity index (χ4n) is 2.85. The van der Waals surface area contributed by atoms with Gasteiger partial charge in [-0.1, -0.05) is 24.6 Å². The second-order valence-corrected chi connectivity index (χ2v) is 8.00. The van der Waals surface area contributed by atoms with Crippen molar-refractivity contribution in [1.82, 2.24) is 9.62 Å². The van der Waals surface area contributed by atoms with Crippen molar-refractivity contribution in [3.8, 4) is 0 Å². The number of fused-ring (bicyclic) bond motifs is 1. The zero-order valence-corrected chi connectivity index (χ0v) is 14.2. The molecule has 0 saturated carbocycles. The van der Waals surface area contributed by atoms with E-state index in [-0.39, 0.29) is 0 Å². The van der Waals surface area contributed by atoms with Crippen molar-refractivity contribution in [3.63, 3.8) is 0 Å².